The van der Waals surface area contributed by atoms with E-state index in [1.807, 2.05) is 6.07 Å². The Bertz CT molecular complexity index is 952. The highest BCUT2D eigenvalue weighted by Crippen LogP contribution is 2.09. The molecule has 2 N–H and O–H groups in total. The van der Waals surface area contributed by atoms with Gasteiger partial charge in [-0.25, -0.2) is 13.1 Å². The number of nitrogens with one attached hydrogen (secondary N) is 2. The van der Waals surface area contributed by atoms with Crippen molar-refractivity contribution in [2.45, 2.75) is 11.3 Å². The number of esters is 1. The zero-order valence-electron chi connectivity index (χ0n) is 14.2. The van der Waals surface area contributed by atoms with Gasteiger partial charge in [-0.05, 0) is 30.3 Å². The summed E-state index contributed by atoms with van der Waals surface area (Å²) < 4.78 is 31.1. The fourth-order valence-electron chi connectivity index (χ4n) is 2.05. The molecule has 0 saturated carbocycles. The van der Waals surface area contributed by atoms with Gasteiger partial charge in [0, 0.05) is 12.2 Å². The lowest BCUT2D eigenvalue weighted by molar-refractivity contribution is -0.147. The molecule has 27 heavy (non-hydrogen) atoms. The molecule has 2 rings (SSSR count). The number of rotatable bonds is 8. The molecule has 0 fully saturated rings. The van der Waals surface area contributed by atoms with Crippen molar-refractivity contribution in [3.63, 3.8) is 0 Å². The smallest absolute Gasteiger partial charge is 0.307 e. The lowest BCUT2D eigenvalue weighted by Crippen LogP contribution is -2.27. The van der Waals surface area contributed by atoms with Gasteiger partial charge in [0.1, 0.15) is 0 Å². The van der Waals surface area contributed by atoms with Gasteiger partial charge < -0.3 is 10.1 Å². The van der Waals surface area contributed by atoms with Crippen molar-refractivity contribution in [2.75, 3.05) is 18.5 Å². The van der Waals surface area contributed by atoms with Crippen molar-refractivity contribution >= 4 is 27.6 Å². The topological polar surface area (TPSA) is 125 Å². The van der Waals surface area contributed by atoms with Crippen LogP contribution in [0.25, 0.3) is 0 Å². The average Bonchev–Trinajstić information content (AvgIpc) is 2.67. The van der Waals surface area contributed by atoms with Gasteiger partial charge >= 0.3 is 5.97 Å². The molecular formula is C18H17N3O5S. The predicted molar refractivity (Wildman–Crippen MR) is 97.0 cm³/mol. The van der Waals surface area contributed by atoms with Crippen molar-refractivity contribution in [1.82, 2.24) is 4.72 Å². The molecule has 8 nitrogen and oxygen atoms in total. The van der Waals surface area contributed by atoms with E-state index in [0.29, 0.717) is 11.3 Å². The van der Waals surface area contributed by atoms with Crippen LogP contribution in [-0.4, -0.2) is 33.4 Å². The van der Waals surface area contributed by atoms with Gasteiger partial charge in [-0.2, -0.15) is 5.26 Å². The Kier molecular flexibility index (Phi) is 7.05. The van der Waals surface area contributed by atoms with Gasteiger partial charge in [-0.15, -0.1) is 0 Å². The predicted octanol–water partition coefficient (Wildman–Crippen LogP) is 1.41. The van der Waals surface area contributed by atoms with Crippen LogP contribution in [0, 0.1) is 11.3 Å². The number of hydrogen-bond donors (Lipinski definition) is 2. The summed E-state index contributed by atoms with van der Waals surface area (Å²) in [6.07, 6.45) is -0.219. The molecule has 0 heterocycles. The van der Waals surface area contributed by atoms with Crippen LogP contribution in [0.5, 0.6) is 0 Å². The van der Waals surface area contributed by atoms with E-state index in [-0.39, 0.29) is 17.9 Å². The highest BCUT2D eigenvalue weighted by atomic mass is 32.2. The van der Waals surface area contributed by atoms with Gasteiger partial charge in [0.25, 0.3) is 5.91 Å². The van der Waals surface area contributed by atoms with Crippen molar-refractivity contribution < 1.29 is 22.7 Å². The highest BCUT2D eigenvalue weighted by Gasteiger charge is 2.14. The number of benzene rings is 2. The zero-order valence-corrected chi connectivity index (χ0v) is 15.0. The van der Waals surface area contributed by atoms with E-state index in [1.54, 1.807) is 36.4 Å². The molecule has 1 amide bonds. The lowest BCUT2D eigenvalue weighted by atomic mass is 10.2. The first-order valence-corrected chi connectivity index (χ1v) is 9.39. The van der Waals surface area contributed by atoms with Gasteiger partial charge in [-0.3, -0.25) is 9.59 Å². The monoisotopic (exact) mass is 387 g/mol. The molecule has 0 spiro atoms. The van der Waals surface area contributed by atoms with E-state index in [0.717, 1.165) is 0 Å². The first kappa shape index (κ1) is 20.1. The van der Waals surface area contributed by atoms with Crippen molar-refractivity contribution in [3.05, 3.63) is 60.2 Å². The van der Waals surface area contributed by atoms with Crippen LogP contribution in [-0.2, 0) is 24.3 Å². The normalized spacial score (nSPS) is 10.6. The third-order valence-electron chi connectivity index (χ3n) is 3.31. The second-order valence-electron chi connectivity index (χ2n) is 5.36. The van der Waals surface area contributed by atoms with E-state index < -0.39 is 28.5 Å². The van der Waals surface area contributed by atoms with Gasteiger partial charge in [0.15, 0.2) is 6.61 Å². The molecule has 0 radical (unpaired) electrons. The molecule has 0 aliphatic carbocycles. The van der Waals surface area contributed by atoms with E-state index in [9.17, 15) is 18.0 Å². The molecule has 0 atom stereocenters. The average molecular weight is 387 g/mol. The third kappa shape index (κ3) is 6.54. The van der Waals surface area contributed by atoms with Crippen molar-refractivity contribution in [3.8, 4) is 6.07 Å². The Labute approximate surface area is 156 Å². The number of nitrogens with zero attached hydrogens (tertiary/aromatic N) is 1. The second-order valence-corrected chi connectivity index (χ2v) is 7.13. The number of sulfonamides is 1. The summed E-state index contributed by atoms with van der Waals surface area (Å²) in [5.41, 5.74) is 0.793. The maximum Gasteiger partial charge on any atom is 0.307 e. The molecule has 0 saturated heterocycles. The van der Waals surface area contributed by atoms with Crippen molar-refractivity contribution in [2.24, 2.45) is 0 Å². The Hall–Kier alpha value is -3.22. The van der Waals surface area contributed by atoms with Crippen LogP contribution in [0.4, 0.5) is 5.69 Å². The SMILES string of the molecule is N#Cc1cccc(NC(=O)COC(=O)CCNS(=O)(=O)c2ccccc2)c1. The Balaban J connectivity index is 1.73. The molecule has 2 aromatic carbocycles. The summed E-state index contributed by atoms with van der Waals surface area (Å²) >= 11 is 0. The summed E-state index contributed by atoms with van der Waals surface area (Å²) in [5, 5.41) is 11.3. The quantitative estimate of drug-likeness (QED) is 0.660. The van der Waals surface area contributed by atoms with Crippen LogP contribution < -0.4 is 10.0 Å². The molecule has 0 aliphatic rings. The molecule has 9 heteroatoms. The van der Waals surface area contributed by atoms with Gasteiger partial charge in [0.2, 0.25) is 10.0 Å². The Morgan fingerprint density at radius 2 is 1.81 bits per heavy atom. The summed E-state index contributed by atoms with van der Waals surface area (Å²) in [4.78, 5) is 23.5. The van der Waals surface area contributed by atoms with E-state index >= 15 is 0 Å². The fraction of sp³-hybridized carbons (Fsp3) is 0.167. The van der Waals surface area contributed by atoms with E-state index in [2.05, 4.69) is 10.0 Å². The molecule has 140 valence electrons. The van der Waals surface area contributed by atoms with Crippen LogP contribution >= 0.6 is 0 Å². The molecule has 0 aliphatic heterocycles. The van der Waals surface area contributed by atoms with Crippen LogP contribution in [0.15, 0.2) is 59.5 Å². The largest absolute Gasteiger partial charge is 0.456 e. The molecule has 2 aromatic rings. The summed E-state index contributed by atoms with van der Waals surface area (Å²) in [6, 6.07) is 16.0. The first-order chi connectivity index (χ1) is 12.9. The minimum Gasteiger partial charge on any atom is -0.456 e. The van der Waals surface area contributed by atoms with E-state index in [1.165, 1.54) is 18.2 Å². The summed E-state index contributed by atoms with van der Waals surface area (Å²) in [6.45, 7) is -0.664. The number of ether oxygens (including phenoxy) is 1. The minimum atomic E-state index is -3.70. The number of nitriles is 1. The van der Waals surface area contributed by atoms with Crippen molar-refractivity contribution in [1.29, 1.82) is 5.26 Å². The van der Waals surface area contributed by atoms with Gasteiger partial charge in [0.05, 0.1) is 22.9 Å². The Morgan fingerprint density at radius 3 is 2.52 bits per heavy atom. The number of carbonyl (C=O) groups excluding carboxylic acids is 2. The minimum absolute atomic E-state index is 0.0948. The molecule has 0 aromatic heterocycles. The molecule has 0 bridgehead atoms. The number of anilines is 1. The maximum atomic E-state index is 12.0. The number of amides is 1. The number of hydrogen-bond acceptors (Lipinski definition) is 6. The van der Waals surface area contributed by atoms with Gasteiger partial charge in [-0.1, -0.05) is 24.3 Å². The summed E-state index contributed by atoms with van der Waals surface area (Å²) in [7, 11) is -3.70. The lowest BCUT2D eigenvalue weighted by Gasteiger charge is -2.08. The Morgan fingerprint density at radius 1 is 1.07 bits per heavy atom. The first-order valence-electron chi connectivity index (χ1n) is 7.91. The molecular weight excluding hydrogens is 370 g/mol. The van der Waals surface area contributed by atoms with E-state index in [4.69, 9.17) is 10.00 Å². The maximum absolute atomic E-state index is 12.0. The fourth-order valence-corrected chi connectivity index (χ4v) is 3.11. The summed E-state index contributed by atoms with van der Waals surface area (Å²) in [5.74, 6) is -1.28. The second kappa shape index (κ2) is 9.47. The highest BCUT2D eigenvalue weighted by molar-refractivity contribution is 7.89. The third-order valence-corrected chi connectivity index (χ3v) is 4.79. The zero-order chi connectivity index (χ0) is 19.7. The standard InChI is InChI=1S/C18H17N3O5S/c19-12-14-5-4-6-15(11-14)21-17(22)13-26-18(23)9-10-20-27(24,25)16-7-2-1-3-8-16/h1-8,11,20H,9-10,13H2,(H,21,22). The van der Waals surface area contributed by atoms with Crippen LogP contribution in [0.3, 0.4) is 0 Å². The molecule has 0 unspecified atom stereocenters. The van der Waals surface area contributed by atoms with Crippen LogP contribution in [0.2, 0.25) is 0 Å². The number of carbonyl (C=O) groups is 2. The van der Waals surface area contributed by atoms with Crippen LogP contribution in [0.1, 0.15) is 12.0 Å².